The molecule has 0 saturated heterocycles. The lowest BCUT2D eigenvalue weighted by Crippen LogP contribution is -2.38. The Hall–Kier alpha value is -1.79. The lowest BCUT2D eigenvalue weighted by atomic mass is 9.86. The summed E-state index contributed by atoms with van der Waals surface area (Å²) in [6.07, 6.45) is 2.46. The van der Waals surface area contributed by atoms with E-state index in [1.54, 1.807) is 25.3 Å². The van der Waals surface area contributed by atoms with Crippen LogP contribution in [-0.4, -0.2) is 43.3 Å². The van der Waals surface area contributed by atoms with Crippen molar-refractivity contribution < 1.29 is 24.2 Å². The first-order chi connectivity index (χ1) is 11.5. The van der Waals surface area contributed by atoms with E-state index in [4.69, 9.17) is 26.2 Å². The van der Waals surface area contributed by atoms with Crippen molar-refractivity contribution in [3.8, 4) is 5.75 Å². The van der Waals surface area contributed by atoms with E-state index in [2.05, 4.69) is 5.32 Å². The van der Waals surface area contributed by atoms with Crippen molar-refractivity contribution in [1.29, 1.82) is 0 Å². The second kappa shape index (κ2) is 8.89. The first-order valence-electron chi connectivity index (χ1n) is 7.96. The van der Waals surface area contributed by atoms with Gasteiger partial charge in [0.15, 0.2) is 0 Å². The summed E-state index contributed by atoms with van der Waals surface area (Å²) in [5.74, 6) is -0.877. The number of carbonyl (C=O) groups is 2. The van der Waals surface area contributed by atoms with Gasteiger partial charge in [-0.15, -0.1) is 0 Å². The number of benzene rings is 1. The number of carbonyl (C=O) groups excluding carboxylic acids is 1. The molecule has 1 amide bonds. The van der Waals surface area contributed by atoms with Gasteiger partial charge in [-0.2, -0.15) is 0 Å². The van der Waals surface area contributed by atoms with Crippen LogP contribution in [0, 0.1) is 5.92 Å². The first kappa shape index (κ1) is 18.5. The molecule has 1 aliphatic rings. The Bertz CT molecular complexity index is 584. The van der Waals surface area contributed by atoms with E-state index < -0.39 is 5.97 Å². The van der Waals surface area contributed by atoms with E-state index in [0.29, 0.717) is 55.2 Å². The normalized spacial score (nSPS) is 20.4. The molecule has 1 aromatic rings. The van der Waals surface area contributed by atoms with Crippen molar-refractivity contribution >= 4 is 23.5 Å². The number of rotatable bonds is 7. The summed E-state index contributed by atoms with van der Waals surface area (Å²) >= 11 is 5.99. The summed E-state index contributed by atoms with van der Waals surface area (Å²) in [5, 5.41) is 12.4. The Morgan fingerprint density at radius 1 is 1.25 bits per heavy atom. The molecule has 132 valence electrons. The van der Waals surface area contributed by atoms with Gasteiger partial charge in [-0.25, -0.2) is 0 Å². The molecule has 0 aliphatic heterocycles. The van der Waals surface area contributed by atoms with Crippen molar-refractivity contribution in [1.82, 2.24) is 5.32 Å². The highest BCUT2D eigenvalue weighted by Crippen LogP contribution is 2.26. The number of carboxylic acids is 1. The van der Waals surface area contributed by atoms with Gasteiger partial charge in [0.1, 0.15) is 12.4 Å². The zero-order valence-corrected chi connectivity index (χ0v) is 14.3. The predicted molar refractivity (Wildman–Crippen MR) is 89.7 cm³/mol. The van der Waals surface area contributed by atoms with Crippen LogP contribution in [-0.2, 0) is 9.53 Å². The lowest BCUT2D eigenvalue weighted by molar-refractivity contribution is -0.142. The van der Waals surface area contributed by atoms with Crippen LogP contribution in [0.3, 0.4) is 0 Å². The number of ether oxygens (including phenoxy) is 2. The molecular weight excluding hydrogens is 334 g/mol. The molecule has 0 atom stereocenters. The van der Waals surface area contributed by atoms with Crippen molar-refractivity contribution in [2.75, 3.05) is 20.3 Å². The molecule has 0 radical (unpaired) electrons. The first-order valence-corrected chi connectivity index (χ1v) is 8.34. The Kier molecular flexibility index (Phi) is 6.87. The van der Waals surface area contributed by atoms with Gasteiger partial charge in [-0.1, -0.05) is 11.6 Å². The van der Waals surface area contributed by atoms with Crippen LogP contribution in [0.15, 0.2) is 18.2 Å². The Morgan fingerprint density at radius 2 is 1.96 bits per heavy atom. The maximum absolute atomic E-state index is 12.5. The van der Waals surface area contributed by atoms with Gasteiger partial charge in [0, 0.05) is 18.2 Å². The highest BCUT2D eigenvalue weighted by atomic mass is 35.5. The van der Waals surface area contributed by atoms with E-state index in [1.165, 1.54) is 0 Å². The molecule has 2 rings (SSSR count). The molecular formula is C17H22ClNO5. The Morgan fingerprint density at radius 3 is 2.58 bits per heavy atom. The molecule has 0 aromatic heterocycles. The van der Waals surface area contributed by atoms with Crippen molar-refractivity contribution in [2.24, 2.45) is 5.92 Å². The summed E-state index contributed by atoms with van der Waals surface area (Å²) in [5.41, 5.74) is 0.374. The van der Waals surface area contributed by atoms with Crippen LogP contribution in [0.4, 0.5) is 0 Å². The van der Waals surface area contributed by atoms with E-state index in [1.807, 2.05) is 0 Å². The van der Waals surface area contributed by atoms with E-state index in [0.717, 1.165) is 0 Å². The fourth-order valence-electron chi connectivity index (χ4n) is 2.79. The lowest BCUT2D eigenvalue weighted by Gasteiger charge is -2.27. The van der Waals surface area contributed by atoms with Crippen LogP contribution in [0.1, 0.15) is 36.0 Å². The van der Waals surface area contributed by atoms with Crippen LogP contribution in [0.25, 0.3) is 0 Å². The van der Waals surface area contributed by atoms with Gasteiger partial charge in [0.25, 0.3) is 5.91 Å². The van der Waals surface area contributed by atoms with Gasteiger partial charge in [0.05, 0.1) is 18.1 Å². The number of methoxy groups -OCH3 is 1. The maximum atomic E-state index is 12.5. The smallest absolute Gasteiger partial charge is 0.306 e. The molecule has 24 heavy (non-hydrogen) atoms. The number of nitrogens with one attached hydrogen (secondary N) is 1. The summed E-state index contributed by atoms with van der Waals surface area (Å²) in [7, 11) is 1.58. The molecule has 1 aromatic carbocycles. The molecule has 1 aliphatic carbocycles. The second-order valence-corrected chi connectivity index (χ2v) is 6.28. The Labute approximate surface area is 146 Å². The molecule has 7 heteroatoms. The summed E-state index contributed by atoms with van der Waals surface area (Å²) in [6, 6.07) is 4.87. The molecule has 1 saturated carbocycles. The van der Waals surface area contributed by atoms with Gasteiger partial charge < -0.3 is 19.9 Å². The number of hydrogen-bond donors (Lipinski definition) is 2. The molecule has 2 N–H and O–H groups in total. The summed E-state index contributed by atoms with van der Waals surface area (Å²) in [6.45, 7) is 0.755. The minimum absolute atomic E-state index is 0.0288. The summed E-state index contributed by atoms with van der Waals surface area (Å²) < 4.78 is 10.5. The third kappa shape index (κ3) is 5.11. The average molecular weight is 356 g/mol. The van der Waals surface area contributed by atoms with Crippen molar-refractivity contribution in [2.45, 2.75) is 31.7 Å². The SMILES string of the molecule is COCCOc1ccc(Cl)cc1C(=O)NC1CCC(C(=O)O)CC1. The van der Waals surface area contributed by atoms with E-state index >= 15 is 0 Å². The molecule has 0 unspecified atom stereocenters. The quantitative estimate of drug-likeness (QED) is 0.734. The highest BCUT2D eigenvalue weighted by Gasteiger charge is 2.27. The topological polar surface area (TPSA) is 84.9 Å². The predicted octanol–water partition coefficient (Wildman–Crippen LogP) is 2.74. The monoisotopic (exact) mass is 355 g/mol. The fourth-order valence-corrected chi connectivity index (χ4v) is 2.96. The van der Waals surface area contributed by atoms with Crippen molar-refractivity contribution in [3.63, 3.8) is 0 Å². The average Bonchev–Trinajstić information content (AvgIpc) is 2.56. The largest absolute Gasteiger partial charge is 0.490 e. The van der Waals surface area contributed by atoms with E-state index in [-0.39, 0.29) is 17.9 Å². The molecule has 1 fully saturated rings. The molecule has 0 heterocycles. The standard InChI is InChI=1S/C17H22ClNO5/c1-23-8-9-24-15-7-4-12(18)10-14(15)16(20)19-13-5-2-11(3-6-13)17(21)22/h4,7,10-11,13H,2-3,5-6,8-9H2,1H3,(H,19,20)(H,21,22). The number of amides is 1. The zero-order valence-electron chi connectivity index (χ0n) is 13.6. The van der Waals surface area contributed by atoms with Gasteiger partial charge in [0.2, 0.25) is 0 Å². The Balaban J connectivity index is 1.98. The molecule has 0 bridgehead atoms. The van der Waals surface area contributed by atoms with Gasteiger partial charge in [-0.05, 0) is 43.9 Å². The molecule has 6 nitrogen and oxygen atoms in total. The van der Waals surface area contributed by atoms with Crippen LogP contribution in [0.2, 0.25) is 5.02 Å². The zero-order chi connectivity index (χ0) is 17.5. The summed E-state index contributed by atoms with van der Waals surface area (Å²) in [4.78, 5) is 23.5. The third-order valence-electron chi connectivity index (χ3n) is 4.14. The number of halogens is 1. The second-order valence-electron chi connectivity index (χ2n) is 5.84. The maximum Gasteiger partial charge on any atom is 0.306 e. The molecule has 0 spiro atoms. The fraction of sp³-hybridized carbons (Fsp3) is 0.529. The van der Waals surface area contributed by atoms with E-state index in [9.17, 15) is 9.59 Å². The number of hydrogen-bond acceptors (Lipinski definition) is 4. The highest BCUT2D eigenvalue weighted by molar-refractivity contribution is 6.31. The van der Waals surface area contributed by atoms with Gasteiger partial charge >= 0.3 is 5.97 Å². The number of aliphatic carboxylic acids is 1. The minimum atomic E-state index is -0.761. The number of carboxylic acid groups (broad SMARTS) is 1. The van der Waals surface area contributed by atoms with Crippen LogP contribution >= 0.6 is 11.6 Å². The van der Waals surface area contributed by atoms with Crippen LogP contribution in [0.5, 0.6) is 5.75 Å². The van der Waals surface area contributed by atoms with Crippen molar-refractivity contribution in [3.05, 3.63) is 28.8 Å². The minimum Gasteiger partial charge on any atom is -0.490 e. The third-order valence-corrected chi connectivity index (χ3v) is 4.38. The van der Waals surface area contributed by atoms with Gasteiger partial charge in [-0.3, -0.25) is 9.59 Å². The van der Waals surface area contributed by atoms with Crippen LogP contribution < -0.4 is 10.1 Å².